The number of fused-ring (bicyclic) bond motifs is 3. The number of nitrogens with zero attached hydrogens (tertiary/aromatic N) is 3. The second kappa shape index (κ2) is 4.69. The highest BCUT2D eigenvalue weighted by molar-refractivity contribution is 6.19. The van der Waals surface area contributed by atoms with Crippen LogP contribution in [-0.2, 0) is 6.54 Å². The van der Waals surface area contributed by atoms with Crippen LogP contribution in [0.5, 0.6) is 0 Å². The lowest BCUT2D eigenvalue weighted by atomic mass is 10.1. The van der Waals surface area contributed by atoms with E-state index in [1.54, 1.807) is 22.8 Å². The van der Waals surface area contributed by atoms with E-state index < -0.39 is 11.9 Å². The molecule has 0 saturated heterocycles. The molecular weight excluding hydrogens is 288 g/mol. The standard InChI is InChI=1S/C14H12N4O4/c1-2-18-8-4-3-6(15)5-7(8)9-10(13(19)20)16-17-11(12(9)18)14(21)22/h3-5H,2,15H2,1H3,(H,19,20)(H,21,22). The van der Waals surface area contributed by atoms with Gasteiger partial charge in [0.05, 0.1) is 5.52 Å². The predicted octanol–water partition coefficient (Wildman–Crippen LogP) is 1.58. The number of aromatic nitrogens is 3. The average molecular weight is 300 g/mol. The Morgan fingerprint density at radius 2 is 1.82 bits per heavy atom. The monoisotopic (exact) mass is 300 g/mol. The van der Waals surface area contributed by atoms with Gasteiger partial charge in [-0.3, -0.25) is 0 Å². The Morgan fingerprint density at radius 1 is 1.18 bits per heavy atom. The quantitative estimate of drug-likeness (QED) is 0.626. The minimum Gasteiger partial charge on any atom is -0.476 e. The molecule has 8 heteroatoms. The van der Waals surface area contributed by atoms with Crippen LogP contribution in [0.2, 0.25) is 0 Å². The molecule has 4 N–H and O–H groups in total. The van der Waals surface area contributed by atoms with Crippen molar-refractivity contribution >= 4 is 39.4 Å². The molecule has 0 fully saturated rings. The third kappa shape index (κ3) is 1.77. The van der Waals surface area contributed by atoms with E-state index in [2.05, 4.69) is 10.2 Å². The van der Waals surface area contributed by atoms with Gasteiger partial charge in [-0.05, 0) is 25.1 Å². The Hall–Kier alpha value is -3.16. The van der Waals surface area contributed by atoms with Crippen molar-refractivity contribution in [3.05, 3.63) is 29.6 Å². The molecule has 0 aliphatic rings. The molecule has 2 heterocycles. The number of anilines is 1. The summed E-state index contributed by atoms with van der Waals surface area (Å²) < 4.78 is 1.70. The summed E-state index contributed by atoms with van der Waals surface area (Å²) in [6.07, 6.45) is 0. The lowest BCUT2D eigenvalue weighted by molar-refractivity contribution is 0.0672. The molecular formula is C14H12N4O4. The zero-order valence-corrected chi connectivity index (χ0v) is 11.6. The molecule has 0 bridgehead atoms. The van der Waals surface area contributed by atoms with E-state index in [9.17, 15) is 19.8 Å². The molecule has 3 rings (SSSR count). The number of nitrogen functional groups attached to an aromatic ring is 1. The van der Waals surface area contributed by atoms with Gasteiger partial charge in [-0.15, -0.1) is 10.2 Å². The first-order valence-corrected chi connectivity index (χ1v) is 6.50. The van der Waals surface area contributed by atoms with Crippen LogP contribution >= 0.6 is 0 Å². The van der Waals surface area contributed by atoms with E-state index in [4.69, 9.17) is 5.73 Å². The molecule has 0 aliphatic carbocycles. The summed E-state index contributed by atoms with van der Waals surface area (Å²) in [6.45, 7) is 2.29. The Morgan fingerprint density at radius 3 is 2.41 bits per heavy atom. The van der Waals surface area contributed by atoms with Crippen molar-refractivity contribution in [3.63, 3.8) is 0 Å². The summed E-state index contributed by atoms with van der Waals surface area (Å²) in [4.78, 5) is 22.9. The molecule has 8 nitrogen and oxygen atoms in total. The predicted molar refractivity (Wildman–Crippen MR) is 79.0 cm³/mol. The maximum Gasteiger partial charge on any atom is 0.358 e. The highest BCUT2D eigenvalue weighted by atomic mass is 16.4. The van der Waals surface area contributed by atoms with Crippen molar-refractivity contribution in [1.29, 1.82) is 0 Å². The fourth-order valence-electron chi connectivity index (χ4n) is 2.68. The number of carboxylic acid groups (broad SMARTS) is 2. The number of aryl methyl sites for hydroxylation is 1. The number of hydrogen-bond acceptors (Lipinski definition) is 5. The molecule has 2 aromatic heterocycles. The number of carboxylic acids is 2. The van der Waals surface area contributed by atoms with Crippen LogP contribution in [0.1, 0.15) is 27.9 Å². The number of aromatic carboxylic acids is 2. The Balaban J connectivity index is 2.66. The van der Waals surface area contributed by atoms with E-state index in [0.29, 0.717) is 23.1 Å². The van der Waals surface area contributed by atoms with Gasteiger partial charge < -0.3 is 20.5 Å². The minimum atomic E-state index is -1.27. The molecule has 0 saturated carbocycles. The lowest BCUT2D eigenvalue weighted by Crippen LogP contribution is -2.11. The van der Waals surface area contributed by atoms with E-state index in [-0.39, 0.29) is 22.3 Å². The van der Waals surface area contributed by atoms with Crippen molar-refractivity contribution in [1.82, 2.24) is 14.8 Å². The number of nitrogens with two attached hydrogens (primary N) is 1. The number of rotatable bonds is 3. The largest absolute Gasteiger partial charge is 0.476 e. The third-order valence-electron chi connectivity index (χ3n) is 3.52. The Labute approximate surface area is 123 Å². The smallest absolute Gasteiger partial charge is 0.358 e. The molecule has 3 aromatic rings. The van der Waals surface area contributed by atoms with Gasteiger partial charge in [-0.2, -0.15) is 0 Å². The van der Waals surface area contributed by atoms with Crippen molar-refractivity contribution < 1.29 is 19.8 Å². The summed E-state index contributed by atoms with van der Waals surface area (Å²) in [6, 6.07) is 5.02. The molecule has 0 atom stereocenters. The first-order valence-electron chi connectivity index (χ1n) is 6.50. The molecule has 22 heavy (non-hydrogen) atoms. The summed E-state index contributed by atoms with van der Waals surface area (Å²) in [5.74, 6) is -2.54. The molecule has 0 spiro atoms. The van der Waals surface area contributed by atoms with Crippen molar-refractivity contribution in [2.45, 2.75) is 13.5 Å². The van der Waals surface area contributed by atoms with Crippen molar-refractivity contribution in [3.8, 4) is 0 Å². The van der Waals surface area contributed by atoms with Crippen LogP contribution in [0.3, 0.4) is 0 Å². The normalized spacial score (nSPS) is 11.1. The Kier molecular flexibility index (Phi) is 2.94. The zero-order chi connectivity index (χ0) is 16.0. The minimum absolute atomic E-state index is 0.239. The summed E-state index contributed by atoms with van der Waals surface area (Å²) >= 11 is 0. The van der Waals surface area contributed by atoms with Crippen LogP contribution < -0.4 is 5.73 Å². The van der Waals surface area contributed by atoms with Crippen molar-refractivity contribution in [2.24, 2.45) is 0 Å². The summed E-state index contributed by atoms with van der Waals surface area (Å²) in [5.41, 5.74) is 6.59. The van der Waals surface area contributed by atoms with Crippen LogP contribution in [0.4, 0.5) is 5.69 Å². The number of hydrogen-bond donors (Lipinski definition) is 3. The maximum atomic E-state index is 11.4. The first kappa shape index (κ1) is 13.8. The van der Waals surface area contributed by atoms with Crippen LogP contribution in [-0.4, -0.2) is 36.9 Å². The highest BCUT2D eigenvalue weighted by Gasteiger charge is 2.25. The molecule has 0 radical (unpaired) electrons. The molecule has 1 aromatic carbocycles. The second-order valence-corrected chi connectivity index (χ2v) is 4.75. The first-order chi connectivity index (χ1) is 10.5. The average Bonchev–Trinajstić information content (AvgIpc) is 2.79. The van der Waals surface area contributed by atoms with Gasteiger partial charge in [0.25, 0.3) is 0 Å². The van der Waals surface area contributed by atoms with Gasteiger partial charge >= 0.3 is 11.9 Å². The summed E-state index contributed by atoms with van der Waals surface area (Å²) in [7, 11) is 0. The number of benzene rings is 1. The van der Waals surface area contributed by atoms with Crippen molar-refractivity contribution in [2.75, 3.05) is 5.73 Å². The maximum absolute atomic E-state index is 11.4. The van der Waals surface area contributed by atoms with Crippen LogP contribution in [0, 0.1) is 0 Å². The fraction of sp³-hybridized carbons (Fsp3) is 0.143. The van der Waals surface area contributed by atoms with Gasteiger partial charge in [0.1, 0.15) is 0 Å². The molecule has 0 amide bonds. The van der Waals surface area contributed by atoms with E-state index in [0.717, 1.165) is 0 Å². The molecule has 112 valence electrons. The fourth-order valence-corrected chi connectivity index (χ4v) is 2.68. The molecule has 0 aliphatic heterocycles. The zero-order valence-electron chi connectivity index (χ0n) is 11.6. The highest BCUT2D eigenvalue weighted by Crippen LogP contribution is 2.33. The van der Waals surface area contributed by atoms with Gasteiger partial charge in [-0.1, -0.05) is 0 Å². The van der Waals surface area contributed by atoms with Gasteiger partial charge in [0.15, 0.2) is 11.4 Å². The SMILES string of the molecule is CCn1c2ccc(N)cc2c2c(C(=O)O)nnc(C(=O)O)c21. The van der Waals surface area contributed by atoms with E-state index in [1.165, 1.54) is 0 Å². The van der Waals surface area contributed by atoms with Gasteiger partial charge in [0.2, 0.25) is 0 Å². The summed E-state index contributed by atoms with van der Waals surface area (Å²) in [5, 5.41) is 26.6. The third-order valence-corrected chi connectivity index (χ3v) is 3.52. The van der Waals surface area contributed by atoms with E-state index >= 15 is 0 Å². The lowest BCUT2D eigenvalue weighted by Gasteiger charge is -2.05. The van der Waals surface area contributed by atoms with Gasteiger partial charge in [0, 0.05) is 28.5 Å². The number of carbonyl (C=O) groups is 2. The van der Waals surface area contributed by atoms with Crippen LogP contribution in [0.15, 0.2) is 18.2 Å². The van der Waals surface area contributed by atoms with Crippen LogP contribution in [0.25, 0.3) is 21.8 Å². The van der Waals surface area contributed by atoms with Gasteiger partial charge in [-0.25, -0.2) is 9.59 Å². The van der Waals surface area contributed by atoms with E-state index in [1.807, 2.05) is 6.92 Å². The second-order valence-electron chi connectivity index (χ2n) is 4.75. The Bertz CT molecular complexity index is 945. The molecule has 0 unspecified atom stereocenters. The topological polar surface area (TPSA) is 131 Å².